The van der Waals surface area contributed by atoms with Crippen LogP contribution < -0.4 is 4.72 Å². The fraction of sp³-hybridized carbons (Fsp3) is 0.909. The third-order valence-corrected chi connectivity index (χ3v) is 5.29. The van der Waals surface area contributed by atoms with Gasteiger partial charge in [0, 0.05) is 13.1 Å². The van der Waals surface area contributed by atoms with E-state index in [9.17, 15) is 18.3 Å². The van der Waals surface area contributed by atoms with Crippen molar-refractivity contribution in [2.24, 2.45) is 0 Å². The van der Waals surface area contributed by atoms with Gasteiger partial charge < -0.3 is 5.11 Å². The van der Waals surface area contributed by atoms with Crippen LogP contribution in [0.25, 0.3) is 0 Å². The molecular formula is C11H22N2O4S. The highest BCUT2D eigenvalue weighted by atomic mass is 32.2. The maximum Gasteiger partial charge on any atom is 0.324 e. The molecule has 7 heteroatoms. The molecule has 1 rings (SSSR count). The number of rotatable bonds is 6. The Labute approximate surface area is 109 Å². The van der Waals surface area contributed by atoms with E-state index in [1.807, 2.05) is 0 Å². The van der Waals surface area contributed by atoms with Crippen molar-refractivity contribution in [1.29, 1.82) is 0 Å². The number of piperidine rings is 1. The number of carbonyl (C=O) groups is 1. The second-order valence-electron chi connectivity index (χ2n) is 4.66. The Balaban J connectivity index is 2.88. The lowest BCUT2D eigenvalue weighted by atomic mass is 9.95. The summed E-state index contributed by atoms with van der Waals surface area (Å²) in [6.07, 6.45) is 3.15. The Kier molecular flexibility index (Phi) is 5.12. The molecule has 1 fully saturated rings. The molecule has 0 aromatic rings. The standard InChI is InChI=1S/C11H22N2O4S/c1-3-11(4-2,10(14)15)12-18(16,17)13-8-6-5-7-9-13/h12H,3-9H2,1-2H3,(H,14,15). The maximum absolute atomic E-state index is 12.2. The fourth-order valence-corrected chi connectivity index (χ4v) is 3.89. The number of carboxylic acids is 1. The maximum atomic E-state index is 12.2. The summed E-state index contributed by atoms with van der Waals surface area (Å²) in [5, 5.41) is 9.24. The molecule has 0 spiro atoms. The van der Waals surface area contributed by atoms with Crippen molar-refractivity contribution in [1.82, 2.24) is 9.03 Å². The lowest BCUT2D eigenvalue weighted by molar-refractivity contribution is -0.144. The van der Waals surface area contributed by atoms with Crippen molar-refractivity contribution < 1.29 is 18.3 Å². The first kappa shape index (κ1) is 15.4. The van der Waals surface area contributed by atoms with Crippen LogP contribution in [-0.4, -0.2) is 42.4 Å². The van der Waals surface area contributed by atoms with Crippen molar-refractivity contribution in [3.8, 4) is 0 Å². The molecule has 18 heavy (non-hydrogen) atoms. The minimum absolute atomic E-state index is 0.228. The van der Waals surface area contributed by atoms with Gasteiger partial charge in [0.25, 0.3) is 10.2 Å². The zero-order valence-corrected chi connectivity index (χ0v) is 11.8. The van der Waals surface area contributed by atoms with Crippen LogP contribution in [0, 0.1) is 0 Å². The Morgan fingerprint density at radius 1 is 1.22 bits per heavy atom. The molecule has 0 aromatic heterocycles. The van der Waals surface area contributed by atoms with E-state index in [0.717, 1.165) is 19.3 Å². The number of hydrogen-bond acceptors (Lipinski definition) is 3. The number of nitrogens with zero attached hydrogens (tertiary/aromatic N) is 1. The van der Waals surface area contributed by atoms with E-state index in [0.29, 0.717) is 13.1 Å². The smallest absolute Gasteiger partial charge is 0.324 e. The summed E-state index contributed by atoms with van der Waals surface area (Å²) in [6, 6.07) is 0. The Hall–Kier alpha value is -0.660. The summed E-state index contributed by atoms with van der Waals surface area (Å²) in [5.74, 6) is -1.12. The highest BCUT2D eigenvalue weighted by Crippen LogP contribution is 2.20. The van der Waals surface area contributed by atoms with Gasteiger partial charge in [0.2, 0.25) is 0 Å². The van der Waals surface area contributed by atoms with Crippen molar-refractivity contribution in [2.75, 3.05) is 13.1 Å². The van der Waals surface area contributed by atoms with Gasteiger partial charge in [-0.3, -0.25) is 4.79 Å². The molecule has 0 aromatic carbocycles. The molecule has 0 radical (unpaired) electrons. The first-order chi connectivity index (χ1) is 8.38. The second kappa shape index (κ2) is 5.99. The SMILES string of the molecule is CCC(CC)(NS(=O)(=O)N1CCCCC1)C(=O)O. The van der Waals surface area contributed by atoms with Gasteiger partial charge in [-0.2, -0.15) is 17.4 Å². The summed E-state index contributed by atoms with van der Waals surface area (Å²) in [5.41, 5.74) is -1.39. The van der Waals surface area contributed by atoms with Gasteiger partial charge in [-0.15, -0.1) is 0 Å². The van der Waals surface area contributed by atoms with Crippen LogP contribution in [0.15, 0.2) is 0 Å². The molecule has 6 nitrogen and oxygen atoms in total. The first-order valence-electron chi connectivity index (χ1n) is 6.40. The molecule has 0 unspecified atom stereocenters. The summed E-state index contributed by atoms with van der Waals surface area (Å²) in [7, 11) is -3.71. The quantitative estimate of drug-likeness (QED) is 0.757. The number of nitrogens with one attached hydrogen (secondary N) is 1. The first-order valence-corrected chi connectivity index (χ1v) is 7.84. The zero-order chi connectivity index (χ0) is 13.8. The van der Waals surface area contributed by atoms with Crippen molar-refractivity contribution >= 4 is 16.2 Å². The normalized spacial score (nSPS) is 18.8. The van der Waals surface area contributed by atoms with Crippen molar-refractivity contribution in [3.05, 3.63) is 0 Å². The third-order valence-electron chi connectivity index (χ3n) is 3.60. The van der Waals surface area contributed by atoms with E-state index in [1.54, 1.807) is 13.8 Å². The molecule has 1 aliphatic rings. The predicted octanol–water partition coefficient (Wildman–Crippen LogP) is 0.950. The number of carboxylic acid groups (broad SMARTS) is 1. The zero-order valence-electron chi connectivity index (χ0n) is 11.0. The van der Waals surface area contributed by atoms with Crippen LogP contribution in [-0.2, 0) is 15.0 Å². The molecule has 0 saturated carbocycles. The monoisotopic (exact) mass is 278 g/mol. The highest BCUT2D eigenvalue weighted by Gasteiger charge is 2.40. The molecule has 0 aliphatic carbocycles. The van der Waals surface area contributed by atoms with E-state index in [2.05, 4.69) is 4.72 Å². The van der Waals surface area contributed by atoms with Crippen LogP contribution in [0.4, 0.5) is 0 Å². The van der Waals surface area contributed by atoms with Crippen molar-refractivity contribution in [2.45, 2.75) is 51.5 Å². The molecular weight excluding hydrogens is 256 g/mol. The lowest BCUT2D eigenvalue weighted by Crippen LogP contribution is -2.58. The van der Waals surface area contributed by atoms with Gasteiger partial charge in [0.05, 0.1) is 0 Å². The highest BCUT2D eigenvalue weighted by molar-refractivity contribution is 7.87. The van der Waals surface area contributed by atoms with E-state index in [1.165, 1.54) is 4.31 Å². The van der Waals surface area contributed by atoms with E-state index in [-0.39, 0.29) is 12.8 Å². The predicted molar refractivity (Wildman–Crippen MR) is 68.4 cm³/mol. The van der Waals surface area contributed by atoms with Crippen LogP contribution in [0.5, 0.6) is 0 Å². The summed E-state index contributed by atoms with van der Waals surface area (Å²) in [6.45, 7) is 4.30. The fourth-order valence-electron chi connectivity index (χ4n) is 2.16. The number of aliphatic carboxylic acids is 1. The van der Waals surface area contributed by atoms with Gasteiger partial charge in [-0.25, -0.2) is 0 Å². The van der Waals surface area contributed by atoms with E-state index in [4.69, 9.17) is 0 Å². The molecule has 1 aliphatic heterocycles. The minimum atomic E-state index is -3.71. The van der Waals surface area contributed by atoms with Crippen LogP contribution in [0.1, 0.15) is 46.0 Å². The van der Waals surface area contributed by atoms with Gasteiger partial charge in [0.1, 0.15) is 5.54 Å². The van der Waals surface area contributed by atoms with Crippen molar-refractivity contribution in [3.63, 3.8) is 0 Å². The molecule has 0 atom stereocenters. The van der Waals surface area contributed by atoms with Crippen LogP contribution in [0.2, 0.25) is 0 Å². The van der Waals surface area contributed by atoms with Gasteiger partial charge in [0.15, 0.2) is 0 Å². The Bertz CT molecular complexity index is 384. The summed E-state index contributed by atoms with van der Waals surface area (Å²) >= 11 is 0. The largest absolute Gasteiger partial charge is 0.480 e. The molecule has 106 valence electrons. The minimum Gasteiger partial charge on any atom is -0.480 e. The Morgan fingerprint density at radius 3 is 2.11 bits per heavy atom. The molecule has 0 amide bonds. The Morgan fingerprint density at radius 2 is 1.72 bits per heavy atom. The van der Waals surface area contributed by atoms with E-state index >= 15 is 0 Å². The summed E-state index contributed by atoms with van der Waals surface area (Å²) in [4.78, 5) is 11.3. The average molecular weight is 278 g/mol. The molecule has 1 heterocycles. The van der Waals surface area contributed by atoms with Crippen LogP contribution in [0.3, 0.4) is 0 Å². The lowest BCUT2D eigenvalue weighted by Gasteiger charge is -2.33. The van der Waals surface area contributed by atoms with Crippen LogP contribution >= 0.6 is 0 Å². The van der Waals surface area contributed by atoms with Gasteiger partial charge in [-0.05, 0) is 25.7 Å². The van der Waals surface area contributed by atoms with Gasteiger partial charge >= 0.3 is 5.97 Å². The summed E-state index contributed by atoms with van der Waals surface area (Å²) < 4.78 is 28.1. The second-order valence-corrected chi connectivity index (χ2v) is 6.33. The molecule has 2 N–H and O–H groups in total. The molecule has 0 bridgehead atoms. The third kappa shape index (κ3) is 3.21. The van der Waals surface area contributed by atoms with E-state index < -0.39 is 21.7 Å². The average Bonchev–Trinajstić information content (AvgIpc) is 2.37. The topological polar surface area (TPSA) is 86.7 Å². The van der Waals surface area contributed by atoms with Gasteiger partial charge in [-0.1, -0.05) is 20.3 Å². The number of hydrogen-bond donors (Lipinski definition) is 2. The molecule has 1 saturated heterocycles.